The minimum atomic E-state index is -0.886. The molecule has 0 unspecified atom stereocenters. The summed E-state index contributed by atoms with van der Waals surface area (Å²) in [5.74, 6) is -2.55. The molecular formula is C14H8F2N2O. The molecule has 3 rings (SSSR count). The van der Waals surface area contributed by atoms with E-state index in [-0.39, 0.29) is 0 Å². The highest BCUT2D eigenvalue weighted by Gasteiger charge is 2.20. The number of halogens is 2. The van der Waals surface area contributed by atoms with Crippen molar-refractivity contribution < 1.29 is 13.6 Å². The lowest BCUT2D eigenvalue weighted by Gasteiger charge is -2.05. The summed E-state index contributed by atoms with van der Waals surface area (Å²) in [6, 6.07) is 10.2. The number of hydrogen-bond donors (Lipinski definition) is 0. The first-order valence-corrected chi connectivity index (χ1v) is 5.59. The summed E-state index contributed by atoms with van der Waals surface area (Å²) in [7, 11) is 0. The molecule has 0 saturated carbocycles. The molecule has 0 radical (unpaired) electrons. The first-order valence-electron chi connectivity index (χ1n) is 5.59. The summed E-state index contributed by atoms with van der Waals surface area (Å²) in [6.07, 6.45) is 1.26. The van der Waals surface area contributed by atoms with E-state index in [1.54, 1.807) is 24.3 Å². The Balaban J connectivity index is 2.20. The Morgan fingerprint density at radius 1 is 1.00 bits per heavy atom. The van der Waals surface area contributed by atoms with Crippen LogP contribution >= 0.6 is 0 Å². The molecule has 19 heavy (non-hydrogen) atoms. The lowest BCUT2D eigenvalue weighted by molar-refractivity contribution is 0.0956. The monoisotopic (exact) mass is 258 g/mol. The summed E-state index contributed by atoms with van der Waals surface area (Å²) >= 11 is 0. The maximum Gasteiger partial charge on any atom is 0.269 e. The Bertz CT molecular complexity index is 760. The normalized spacial score (nSPS) is 10.8. The Kier molecular flexibility index (Phi) is 2.59. The second kappa shape index (κ2) is 4.28. The third kappa shape index (κ3) is 1.79. The van der Waals surface area contributed by atoms with E-state index >= 15 is 0 Å². The number of carbonyl (C=O) groups excluding carboxylic acids is 1. The number of benzene rings is 2. The SMILES string of the molecule is O=C(c1c(F)cccc1F)n1cnc2ccccc21. The molecule has 3 nitrogen and oxygen atoms in total. The Morgan fingerprint density at radius 2 is 1.68 bits per heavy atom. The second-order valence-corrected chi connectivity index (χ2v) is 4.01. The highest BCUT2D eigenvalue weighted by Crippen LogP contribution is 2.18. The van der Waals surface area contributed by atoms with E-state index in [1.807, 2.05) is 0 Å². The molecule has 0 N–H and O–H groups in total. The molecule has 0 aliphatic carbocycles. The van der Waals surface area contributed by atoms with Crippen LogP contribution in [-0.2, 0) is 0 Å². The van der Waals surface area contributed by atoms with Gasteiger partial charge >= 0.3 is 0 Å². The maximum atomic E-state index is 13.6. The highest BCUT2D eigenvalue weighted by atomic mass is 19.1. The van der Waals surface area contributed by atoms with Gasteiger partial charge in [0.05, 0.1) is 11.0 Å². The Morgan fingerprint density at radius 3 is 2.42 bits per heavy atom. The molecular weight excluding hydrogens is 250 g/mol. The van der Waals surface area contributed by atoms with Crippen LogP contribution in [-0.4, -0.2) is 15.5 Å². The molecule has 5 heteroatoms. The fraction of sp³-hybridized carbons (Fsp3) is 0. The van der Waals surface area contributed by atoms with Gasteiger partial charge in [-0.05, 0) is 24.3 Å². The van der Waals surface area contributed by atoms with Crippen molar-refractivity contribution >= 4 is 16.9 Å². The zero-order valence-corrected chi connectivity index (χ0v) is 9.68. The minimum absolute atomic E-state index is 0.509. The number of rotatable bonds is 1. The van der Waals surface area contributed by atoms with Crippen molar-refractivity contribution in [1.82, 2.24) is 9.55 Å². The van der Waals surface area contributed by atoms with Crippen molar-refractivity contribution in [2.24, 2.45) is 0 Å². The summed E-state index contributed by atoms with van der Waals surface area (Å²) in [4.78, 5) is 16.2. The first-order chi connectivity index (χ1) is 9.18. The Hall–Kier alpha value is -2.56. The van der Waals surface area contributed by atoms with Crippen LogP contribution in [0.4, 0.5) is 8.78 Å². The van der Waals surface area contributed by atoms with Crippen molar-refractivity contribution in [3.8, 4) is 0 Å². The molecule has 1 aromatic heterocycles. The van der Waals surface area contributed by atoms with Gasteiger partial charge in [0.1, 0.15) is 23.5 Å². The molecule has 0 aliphatic heterocycles. The van der Waals surface area contributed by atoms with Crippen LogP contribution in [0.25, 0.3) is 11.0 Å². The quantitative estimate of drug-likeness (QED) is 0.672. The molecule has 0 spiro atoms. The predicted molar refractivity (Wildman–Crippen MR) is 65.8 cm³/mol. The highest BCUT2D eigenvalue weighted by molar-refractivity contribution is 6.01. The average molecular weight is 258 g/mol. The van der Waals surface area contributed by atoms with Gasteiger partial charge in [0.2, 0.25) is 0 Å². The van der Waals surface area contributed by atoms with E-state index in [0.717, 1.165) is 16.7 Å². The fourth-order valence-corrected chi connectivity index (χ4v) is 1.94. The smallest absolute Gasteiger partial charge is 0.268 e. The first kappa shape index (κ1) is 11.5. The van der Waals surface area contributed by atoms with Gasteiger partial charge in [-0.25, -0.2) is 13.8 Å². The molecule has 1 heterocycles. The summed E-state index contributed by atoms with van der Waals surface area (Å²) in [6.45, 7) is 0. The van der Waals surface area contributed by atoms with Crippen molar-refractivity contribution in [3.63, 3.8) is 0 Å². The zero-order valence-electron chi connectivity index (χ0n) is 9.68. The number of aromatic nitrogens is 2. The lowest BCUT2D eigenvalue weighted by atomic mass is 10.2. The van der Waals surface area contributed by atoms with E-state index in [4.69, 9.17) is 0 Å². The summed E-state index contributed by atoms with van der Waals surface area (Å²) in [5, 5.41) is 0. The van der Waals surface area contributed by atoms with Crippen LogP contribution in [0.5, 0.6) is 0 Å². The van der Waals surface area contributed by atoms with Gasteiger partial charge in [-0.2, -0.15) is 0 Å². The molecule has 0 saturated heterocycles. The largest absolute Gasteiger partial charge is 0.269 e. The van der Waals surface area contributed by atoms with E-state index in [1.165, 1.54) is 12.4 Å². The molecule has 0 amide bonds. The topological polar surface area (TPSA) is 34.9 Å². The molecule has 3 aromatic rings. The zero-order chi connectivity index (χ0) is 13.4. The fourth-order valence-electron chi connectivity index (χ4n) is 1.94. The van der Waals surface area contributed by atoms with Crippen LogP contribution in [0.15, 0.2) is 48.8 Å². The van der Waals surface area contributed by atoms with Crippen molar-refractivity contribution in [1.29, 1.82) is 0 Å². The van der Waals surface area contributed by atoms with Crippen LogP contribution < -0.4 is 0 Å². The lowest BCUT2D eigenvalue weighted by Crippen LogP contribution is -2.14. The number of hydrogen-bond acceptors (Lipinski definition) is 2. The third-order valence-electron chi connectivity index (χ3n) is 2.85. The van der Waals surface area contributed by atoms with Gasteiger partial charge < -0.3 is 0 Å². The van der Waals surface area contributed by atoms with Gasteiger partial charge in [0, 0.05) is 0 Å². The molecule has 2 aromatic carbocycles. The third-order valence-corrected chi connectivity index (χ3v) is 2.85. The Labute approximate surface area is 107 Å². The standard InChI is InChI=1S/C14H8F2N2O/c15-9-4-3-5-10(16)13(9)14(19)18-8-17-11-6-1-2-7-12(11)18/h1-8H. The number of nitrogens with zero attached hydrogens (tertiary/aromatic N) is 2. The van der Waals surface area contributed by atoms with Gasteiger partial charge in [-0.15, -0.1) is 0 Å². The summed E-state index contributed by atoms with van der Waals surface area (Å²) < 4.78 is 28.3. The number of fused-ring (bicyclic) bond motifs is 1. The van der Waals surface area contributed by atoms with Gasteiger partial charge in [-0.1, -0.05) is 18.2 Å². The van der Waals surface area contributed by atoms with E-state index < -0.39 is 23.1 Å². The molecule has 94 valence electrons. The second-order valence-electron chi connectivity index (χ2n) is 4.01. The molecule has 0 atom stereocenters. The van der Waals surface area contributed by atoms with Gasteiger partial charge in [0.25, 0.3) is 5.91 Å². The van der Waals surface area contributed by atoms with Crippen LogP contribution in [0.2, 0.25) is 0 Å². The number of para-hydroxylation sites is 2. The van der Waals surface area contributed by atoms with Crippen molar-refractivity contribution in [2.75, 3.05) is 0 Å². The molecule has 0 aliphatic rings. The van der Waals surface area contributed by atoms with Crippen LogP contribution in [0, 0.1) is 11.6 Å². The number of carbonyl (C=O) groups is 1. The summed E-state index contributed by atoms with van der Waals surface area (Å²) in [5.41, 5.74) is 0.522. The molecule has 0 bridgehead atoms. The number of imidazole rings is 1. The molecule has 0 fully saturated rings. The van der Waals surface area contributed by atoms with Gasteiger partial charge in [0.15, 0.2) is 0 Å². The van der Waals surface area contributed by atoms with Crippen molar-refractivity contribution in [3.05, 3.63) is 66.0 Å². The van der Waals surface area contributed by atoms with Crippen molar-refractivity contribution in [2.45, 2.75) is 0 Å². The van der Waals surface area contributed by atoms with Gasteiger partial charge in [-0.3, -0.25) is 9.36 Å². The minimum Gasteiger partial charge on any atom is -0.268 e. The maximum absolute atomic E-state index is 13.6. The van der Waals surface area contributed by atoms with E-state index in [0.29, 0.717) is 11.0 Å². The average Bonchev–Trinajstić information content (AvgIpc) is 2.82. The van der Waals surface area contributed by atoms with Crippen LogP contribution in [0.3, 0.4) is 0 Å². The predicted octanol–water partition coefficient (Wildman–Crippen LogP) is 3.00. The van der Waals surface area contributed by atoms with E-state index in [2.05, 4.69) is 4.98 Å². The van der Waals surface area contributed by atoms with Crippen LogP contribution in [0.1, 0.15) is 10.4 Å². The van der Waals surface area contributed by atoms with E-state index in [9.17, 15) is 13.6 Å².